The largest absolute Gasteiger partial charge is 0.490 e. The Morgan fingerprint density at radius 2 is 1.76 bits per heavy atom. The van der Waals surface area contributed by atoms with Gasteiger partial charge in [0.05, 0.1) is 31.6 Å². The van der Waals surface area contributed by atoms with Gasteiger partial charge in [-0.2, -0.15) is 5.10 Å². The molecule has 33 heavy (non-hydrogen) atoms. The molecule has 1 aliphatic heterocycles. The van der Waals surface area contributed by atoms with Crippen LogP contribution in [0.4, 0.5) is 0 Å². The maximum absolute atomic E-state index is 12.4. The molecule has 1 aliphatic rings. The maximum atomic E-state index is 12.4. The molecule has 0 bridgehead atoms. The van der Waals surface area contributed by atoms with Gasteiger partial charge in [0.25, 0.3) is 5.91 Å². The summed E-state index contributed by atoms with van der Waals surface area (Å²) in [5.74, 6) is -0.187. The van der Waals surface area contributed by atoms with Crippen molar-refractivity contribution in [2.75, 3.05) is 6.61 Å². The van der Waals surface area contributed by atoms with Gasteiger partial charge in [0, 0.05) is 10.6 Å². The van der Waals surface area contributed by atoms with E-state index in [-0.39, 0.29) is 11.7 Å². The van der Waals surface area contributed by atoms with E-state index < -0.39 is 5.97 Å². The highest BCUT2D eigenvalue weighted by Crippen LogP contribution is 2.29. The van der Waals surface area contributed by atoms with Crippen LogP contribution in [0.5, 0.6) is 11.5 Å². The Morgan fingerprint density at radius 1 is 1.00 bits per heavy atom. The molecule has 0 fully saturated rings. The lowest BCUT2D eigenvalue weighted by atomic mass is 10.1. The smallest absolute Gasteiger partial charge is 0.343 e. The summed E-state index contributed by atoms with van der Waals surface area (Å²) in [6, 6.07) is 16.8. The van der Waals surface area contributed by atoms with Crippen LogP contribution in [0.15, 0.2) is 65.8 Å². The second-order valence-electron chi connectivity index (χ2n) is 7.21. The van der Waals surface area contributed by atoms with Crippen LogP contribution in [0.1, 0.15) is 44.3 Å². The third kappa shape index (κ3) is 5.58. The third-order valence-corrected chi connectivity index (χ3v) is 5.17. The lowest BCUT2D eigenvalue weighted by Crippen LogP contribution is -2.17. The first kappa shape index (κ1) is 22.5. The Hall–Kier alpha value is -3.68. The predicted octanol–water partition coefficient (Wildman–Crippen LogP) is 4.75. The van der Waals surface area contributed by atoms with Crippen LogP contribution >= 0.6 is 11.6 Å². The summed E-state index contributed by atoms with van der Waals surface area (Å²) in [5.41, 5.74) is 6.16. The van der Waals surface area contributed by atoms with Gasteiger partial charge in [0.15, 0.2) is 11.5 Å². The molecule has 7 nitrogen and oxygen atoms in total. The minimum absolute atomic E-state index is 0.276. The average Bonchev–Trinajstić information content (AvgIpc) is 3.29. The van der Waals surface area contributed by atoms with E-state index >= 15 is 0 Å². The molecule has 0 unspecified atom stereocenters. The Kier molecular flexibility index (Phi) is 7.02. The molecule has 0 aliphatic carbocycles. The van der Waals surface area contributed by atoms with E-state index in [1.165, 1.54) is 6.21 Å². The average molecular weight is 465 g/mol. The van der Waals surface area contributed by atoms with Crippen molar-refractivity contribution < 1.29 is 23.8 Å². The number of benzene rings is 3. The lowest BCUT2D eigenvalue weighted by Gasteiger charge is -2.11. The van der Waals surface area contributed by atoms with Crippen molar-refractivity contribution in [3.8, 4) is 11.5 Å². The Labute approximate surface area is 195 Å². The number of hydrogen-bond donors (Lipinski definition) is 1. The first-order valence-electron chi connectivity index (χ1n) is 10.3. The van der Waals surface area contributed by atoms with Crippen LogP contribution in [0.2, 0.25) is 5.02 Å². The number of nitrogens with zero attached hydrogens (tertiary/aromatic N) is 1. The molecule has 0 atom stereocenters. The monoisotopic (exact) mass is 464 g/mol. The van der Waals surface area contributed by atoms with Crippen LogP contribution in [0.3, 0.4) is 0 Å². The summed E-state index contributed by atoms with van der Waals surface area (Å²) in [6.07, 6.45) is 1.49. The number of halogens is 1. The number of fused-ring (bicyclic) bond motifs is 1. The molecular weight excluding hydrogens is 444 g/mol. The zero-order chi connectivity index (χ0) is 23.2. The molecule has 0 spiro atoms. The van der Waals surface area contributed by atoms with Crippen LogP contribution < -0.4 is 14.9 Å². The fourth-order valence-corrected chi connectivity index (χ4v) is 3.37. The molecule has 1 heterocycles. The second-order valence-corrected chi connectivity index (χ2v) is 7.65. The normalized spacial score (nSPS) is 12.4. The summed E-state index contributed by atoms with van der Waals surface area (Å²) in [5, 5.41) is 4.56. The Balaban J connectivity index is 1.43. The summed E-state index contributed by atoms with van der Waals surface area (Å²) in [6.45, 7) is 3.29. The molecule has 0 radical (unpaired) electrons. The van der Waals surface area contributed by atoms with Gasteiger partial charge >= 0.3 is 5.97 Å². The van der Waals surface area contributed by atoms with E-state index in [1.54, 1.807) is 48.5 Å². The first-order chi connectivity index (χ1) is 16.0. The zero-order valence-electron chi connectivity index (χ0n) is 17.8. The third-order valence-electron chi connectivity index (χ3n) is 4.91. The number of hydrogen-bond acceptors (Lipinski definition) is 6. The van der Waals surface area contributed by atoms with Crippen molar-refractivity contribution in [1.29, 1.82) is 0 Å². The van der Waals surface area contributed by atoms with E-state index in [0.717, 1.165) is 11.1 Å². The number of esters is 1. The van der Waals surface area contributed by atoms with E-state index in [1.807, 2.05) is 19.1 Å². The molecule has 1 amide bonds. The fourth-order valence-electron chi connectivity index (χ4n) is 3.25. The van der Waals surface area contributed by atoms with E-state index in [9.17, 15) is 9.59 Å². The minimum atomic E-state index is -0.527. The van der Waals surface area contributed by atoms with E-state index in [4.69, 9.17) is 25.8 Å². The molecule has 1 N–H and O–H groups in total. The van der Waals surface area contributed by atoms with Crippen LogP contribution in [0, 0.1) is 0 Å². The lowest BCUT2D eigenvalue weighted by molar-refractivity contribution is 0.0728. The number of hydrazone groups is 1. The second kappa shape index (κ2) is 10.3. The van der Waals surface area contributed by atoms with Crippen molar-refractivity contribution in [2.24, 2.45) is 5.10 Å². The molecule has 4 rings (SSSR count). The molecule has 0 saturated carbocycles. The van der Waals surface area contributed by atoms with Gasteiger partial charge in [0.2, 0.25) is 0 Å². The van der Waals surface area contributed by atoms with Gasteiger partial charge in [-0.05, 0) is 78.2 Å². The Bertz CT molecular complexity index is 1210. The van der Waals surface area contributed by atoms with Gasteiger partial charge in [-0.15, -0.1) is 0 Å². The molecule has 3 aromatic rings. The van der Waals surface area contributed by atoms with Gasteiger partial charge in [-0.3, -0.25) is 4.79 Å². The number of nitrogens with one attached hydrogen (secondary N) is 1. The van der Waals surface area contributed by atoms with Crippen LogP contribution in [-0.2, 0) is 18.0 Å². The van der Waals surface area contributed by atoms with Crippen molar-refractivity contribution in [3.05, 3.63) is 93.5 Å². The van der Waals surface area contributed by atoms with Gasteiger partial charge in [-0.25, -0.2) is 10.2 Å². The van der Waals surface area contributed by atoms with Gasteiger partial charge in [-0.1, -0.05) is 17.7 Å². The molecule has 8 heteroatoms. The summed E-state index contributed by atoms with van der Waals surface area (Å²) >= 11 is 5.86. The zero-order valence-corrected chi connectivity index (χ0v) is 18.6. The summed E-state index contributed by atoms with van der Waals surface area (Å²) in [4.78, 5) is 24.8. The van der Waals surface area contributed by atoms with Crippen LogP contribution in [-0.4, -0.2) is 24.7 Å². The molecule has 168 valence electrons. The summed E-state index contributed by atoms with van der Waals surface area (Å²) < 4.78 is 16.5. The number of ether oxygens (including phenoxy) is 3. The van der Waals surface area contributed by atoms with Crippen molar-refractivity contribution in [3.63, 3.8) is 0 Å². The highest BCUT2D eigenvalue weighted by molar-refractivity contribution is 6.30. The molecule has 3 aromatic carbocycles. The number of amides is 1. The van der Waals surface area contributed by atoms with Crippen molar-refractivity contribution >= 4 is 29.7 Å². The van der Waals surface area contributed by atoms with Crippen molar-refractivity contribution in [1.82, 2.24) is 5.43 Å². The maximum Gasteiger partial charge on any atom is 0.343 e. The summed E-state index contributed by atoms with van der Waals surface area (Å²) in [7, 11) is 0. The van der Waals surface area contributed by atoms with Gasteiger partial charge in [0.1, 0.15) is 0 Å². The first-order valence-corrected chi connectivity index (χ1v) is 10.7. The Morgan fingerprint density at radius 3 is 2.55 bits per heavy atom. The molecular formula is C25H21ClN2O5. The van der Waals surface area contributed by atoms with E-state index in [2.05, 4.69) is 10.5 Å². The van der Waals surface area contributed by atoms with E-state index in [0.29, 0.717) is 47.3 Å². The fraction of sp³-hybridized carbons (Fsp3) is 0.160. The highest BCUT2D eigenvalue weighted by atomic mass is 35.5. The quantitative estimate of drug-likeness (QED) is 0.236. The van der Waals surface area contributed by atoms with Crippen LogP contribution in [0.25, 0.3) is 0 Å². The SMILES string of the molecule is CCOc1cc(C=NNC(=O)c2ccc3c(c2)COC3)ccc1OC(=O)c1ccc(Cl)cc1. The van der Waals surface area contributed by atoms with Gasteiger partial charge < -0.3 is 14.2 Å². The topological polar surface area (TPSA) is 86.2 Å². The highest BCUT2D eigenvalue weighted by Gasteiger charge is 2.15. The number of carbonyl (C=O) groups excluding carboxylic acids is 2. The van der Waals surface area contributed by atoms with Crippen molar-refractivity contribution in [2.45, 2.75) is 20.1 Å². The number of rotatable bonds is 7. The number of carbonyl (C=O) groups is 2. The standard InChI is InChI=1S/C25H21ClN2O5/c1-2-32-23-11-16(3-10-22(23)33-25(30)17-6-8-21(26)9-7-17)13-27-28-24(29)18-4-5-19-14-31-15-20(19)12-18/h3-13H,2,14-15H2,1H3,(H,28,29). The predicted molar refractivity (Wildman–Crippen MR) is 124 cm³/mol. The minimum Gasteiger partial charge on any atom is -0.490 e. The molecule has 0 aromatic heterocycles. The molecule has 0 saturated heterocycles.